The van der Waals surface area contributed by atoms with Crippen molar-refractivity contribution in [3.8, 4) is 17.7 Å². The zero-order chi connectivity index (χ0) is 24.5. The van der Waals surface area contributed by atoms with E-state index in [0.29, 0.717) is 47.6 Å². The molecule has 3 N–H and O–H groups in total. The maximum absolute atomic E-state index is 14.3. The molecule has 1 aliphatic heterocycles. The molecule has 35 heavy (non-hydrogen) atoms. The summed E-state index contributed by atoms with van der Waals surface area (Å²) >= 11 is 1.53. The number of thiophene rings is 1. The number of ether oxygens (including phenoxy) is 1. The summed E-state index contributed by atoms with van der Waals surface area (Å²) < 4.78 is 21.5. The SMILES string of the molecule is Cc1cc(C#N)cc(C)c1Oc1nc(NC2CCN(c3ccc(N)cc3F)CC2)nc2ccsc12. The Morgan fingerprint density at radius 3 is 2.57 bits per heavy atom. The molecule has 0 atom stereocenters. The average Bonchev–Trinajstić information content (AvgIpc) is 3.31. The third kappa shape index (κ3) is 4.70. The number of hydrogen-bond acceptors (Lipinski definition) is 8. The highest BCUT2D eigenvalue weighted by atomic mass is 32.1. The van der Waals surface area contributed by atoms with Gasteiger partial charge in [0.05, 0.1) is 22.8 Å². The molecule has 0 bridgehead atoms. The number of piperidine rings is 1. The van der Waals surface area contributed by atoms with Crippen LogP contribution in [0.25, 0.3) is 10.2 Å². The van der Waals surface area contributed by atoms with E-state index in [4.69, 9.17) is 15.5 Å². The number of benzene rings is 2. The lowest BCUT2D eigenvalue weighted by atomic mass is 10.0. The first kappa shape index (κ1) is 22.9. The Balaban J connectivity index is 1.34. The lowest BCUT2D eigenvalue weighted by molar-refractivity contribution is 0.461. The molecule has 0 aliphatic carbocycles. The molecule has 1 aliphatic rings. The monoisotopic (exact) mass is 488 g/mol. The first-order valence-corrected chi connectivity index (χ1v) is 12.3. The van der Waals surface area contributed by atoms with E-state index >= 15 is 0 Å². The number of nitrogens with zero attached hydrogens (tertiary/aromatic N) is 4. The second-order valence-electron chi connectivity index (χ2n) is 8.76. The summed E-state index contributed by atoms with van der Waals surface area (Å²) in [5.74, 6) is 1.40. The van der Waals surface area contributed by atoms with Gasteiger partial charge in [0.1, 0.15) is 16.3 Å². The van der Waals surface area contributed by atoms with Crippen molar-refractivity contribution in [1.29, 1.82) is 5.26 Å². The van der Waals surface area contributed by atoms with E-state index in [-0.39, 0.29) is 11.9 Å². The Bertz CT molecular complexity index is 1410. The Kier molecular flexibility index (Phi) is 6.14. The molecule has 4 aromatic rings. The Hall–Kier alpha value is -3.90. The van der Waals surface area contributed by atoms with Crippen molar-refractivity contribution in [3.63, 3.8) is 0 Å². The van der Waals surface area contributed by atoms with E-state index in [1.807, 2.05) is 42.3 Å². The molecule has 7 nitrogen and oxygen atoms in total. The number of nitrogens with one attached hydrogen (secondary N) is 1. The van der Waals surface area contributed by atoms with Crippen LogP contribution in [0.2, 0.25) is 0 Å². The lowest BCUT2D eigenvalue weighted by Gasteiger charge is -2.34. The molecular weight excluding hydrogens is 463 g/mol. The van der Waals surface area contributed by atoms with Crippen molar-refractivity contribution in [2.24, 2.45) is 0 Å². The Labute approximate surface area is 207 Å². The largest absolute Gasteiger partial charge is 0.437 e. The quantitative estimate of drug-likeness (QED) is 0.344. The van der Waals surface area contributed by atoms with Crippen LogP contribution in [-0.4, -0.2) is 29.1 Å². The summed E-state index contributed by atoms with van der Waals surface area (Å²) in [6.07, 6.45) is 1.64. The van der Waals surface area contributed by atoms with E-state index < -0.39 is 0 Å². The maximum atomic E-state index is 14.3. The molecular formula is C26H25FN6OS. The van der Waals surface area contributed by atoms with Gasteiger partial charge in [-0.3, -0.25) is 0 Å². The number of rotatable bonds is 5. The maximum Gasteiger partial charge on any atom is 0.242 e. The molecule has 2 aromatic carbocycles. The zero-order valence-electron chi connectivity index (χ0n) is 19.5. The molecule has 5 rings (SSSR count). The van der Waals surface area contributed by atoms with Gasteiger partial charge in [-0.05, 0) is 79.6 Å². The van der Waals surface area contributed by atoms with Crippen molar-refractivity contribution in [1.82, 2.24) is 9.97 Å². The van der Waals surface area contributed by atoms with Crippen molar-refractivity contribution < 1.29 is 9.13 Å². The highest BCUT2D eigenvalue weighted by molar-refractivity contribution is 7.17. The topological polar surface area (TPSA) is 100 Å². The summed E-state index contributed by atoms with van der Waals surface area (Å²) in [5.41, 5.74) is 9.85. The van der Waals surface area contributed by atoms with Gasteiger partial charge in [0.25, 0.3) is 0 Å². The fourth-order valence-corrected chi connectivity index (χ4v) is 5.23. The standard InChI is InChI=1S/C26H25FN6OS/c1-15-11-17(14-28)12-16(2)23(15)34-25-24-21(7-10-35-24)31-26(32-25)30-19-5-8-33(9-6-19)22-4-3-18(29)13-20(22)27/h3-4,7,10-13,19H,5-6,8-9,29H2,1-2H3,(H,30,31,32). The number of fused-ring (bicyclic) bond motifs is 1. The number of halogens is 1. The summed E-state index contributed by atoms with van der Waals surface area (Å²) in [4.78, 5) is 11.4. The van der Waals surface area contributed by atoms with E-state index in [0.717, 1.165) is 34.2 Å². The third-order valence-electron chi connectivity index (χ3n) is 6.20. The number of aromatic nitrogens is 2. The van der Waals surface area contributed by atoms with Gasteiger partial charge in [-0.25, -0.2) is 9.37 Å². The molecule has 1 saturated heterocycles. The minimum Gasteiger partial charge on any atom is -0.437 e. The fourth-order valence-electron chi connectivity index (χ4n) is 4.47. The van der Waals surface area contributed by atoms with Gasteiger partial charge >= 0.3 is 0 Å². The molecule has 2 aromatic heterocycles. The smallest absolute Gasteiger partial charge is 0.242 e. The van der Waals surface area contributed by atoms with Crippen LogP contribution in [0.3, 0.4) is 0 Å². The summed E-state index contributed by atoms with van der Waals surface area (Å²) in [7, 11) is 0. The van der Waals surface area contributed by atoms with Gasteiger partial charge in [-0.2, -0.15) is 10.2 Å². The van der Waals surface area contributed by atoms with Crippen molar-refractivity contribution in [2.75, 3.05) is 29.0 Å². The van der Waals surface area contributed by atoms with Crippen LogP contribution in [0.1, 0.15) is 29.5 Å². The van der Waals surface area contributed by atoms with Crippen molar-refractivity contribution >= 4 is 38.9 Å². The molecule has 0 saturated carbocycles. The second kappa shape index (κ2) is 9.39. The van der Waals surface area contributed by atoms with Gasteiger partial charge in [0.2, 0.25) is 11.8 Å². The summed E-state index contributed by atoms with van der Waals surface area (Å²) in [6.45, 7) is 5.28. The number of nitriles is 1. The first-order chi connectivity index (χ1) is 16.9. The van der Waals surface area contributed by atoms with Crippen LogP contribution in [0.5, 0.6) is 11.6 Å². The fraction of sp³-hybridized carbons (Fsp3) is 0.269. The molecule has 0 amide bonds. The predicted octanol–water partition coefficient (Wildman–Crippen LogP) is 5.77. The Morgan fingerprint density at radius 2 is 1.89 bits per heavy atom. The van der Waals surface area contributed by atoms with Gasteiger partial charge in [-0.1, -0.05) is 0 Å². The minimum absolute atomic E-state index is 0.158. The van der Waals surface area contributed by atoms with E-state index in [2.05, 4.69) is 16.4 Å². The minimum atomic E-state index is -0.294. The molecule has 3 heterocycles. The summed E-state index contributed by atoms with van der Waals surface area (Å²) in [5, 5.41) is 14.7. The van der Waals surface area contributed by atoms with Gasteiger partial charge in [-0.15, -0.1) is 11.3 Å². The van der Waals surface area contributed by atoms with Gasteiger partial charge in [0, 0.05) is 24.8 Å². The molecule has 0 spiro atoms. The number of nitrogens with two attached hydrogens (primary N) is 1. The number of anilines is 3. The molecule has 1 fully saturated rings. The van der Waals surface area contributed by atoms with Crippen molar-refractivity contribution in [2.45, 2.75) is 32.7 Å². The second-order valence-corrected chi connectivity index (χ2v) is 9.67. The van der Waals surface area contributed by atoms with Gasteiger partial charge in [0.15, 0.2) is 0 Å². The van der Waals surface area contributed by atoms with E-state index in [1.54, 1.807) is 12.1 Å². The van der Waals surface area contributed by atoms with Crippen LogP contribution < -0.4 is 20.7 Å². The lowest BCUT2D eigenvalue weighted by Crippen LogP contribution is -2.39. The molecule has 178 valence electrons. The van der Waals surface area contributed by atoms with E-state index in [1.165, 1.54) is 17.4 Å². The normalized spacial score (nSPS) is 14.2. The number of aryl methyl sites for hydroxylation is 2. The molecule has 0 unspecified atom stereocenters. The molecule has 0 radical (unpaired) electrons. The van der Waals surface area contributed by atoms with Crippen molar-refractivity contribution in [3.05, 3.63) is 64.3 Å². The number of nitrogen functional groups attached to an aromatic ring is 1. The van der Waals surface area contributed by atoms with E-state index in [9.17, 15) is 9.65 Å². The zero-order valence-corrected chi connectivity index (χ0v) is 20.3. The van der Waals surface area contributed by atoms with Crippen LogP contribution in [0.15, 0.2) is 41.8 Å². The van der Waals surface area contributed by atoms with Gasteiger partial charge < -0.3 is 20.7 Å². The Morgan fingerprint density at radius 1 is 1.14 bits per heavy atom. The summed E-state index contributed by atoms with van der Waals surface area (Å²) in [6, 6.07) is 12.7. The average molecular weight is 489 g/mol. The predicted molar refractivity (Wildman–Crippen MR) is 138 cm³/mol. The van der Waals surface area contributed by atoms with Crippen LogP contribution >= 0.6 is 11.3 Å². The first-order valence-electron chi connectivity index (χ1n) is 11.4. The number of hydrogen-bond donors (Lipinski definition) is 2. The van der Waals surface area contributed by atoms with Crippen LogP contribution in [-0.2, 0) is 0 Å². The van der Waals surface area contributed by atoms with Crippen LogP contribution in [0, 0.1) is 31.0 Å². The highest BCUT2D eigenvalue weighted by Gasteiger charge is 2.23. The third-order valence-corrected chi connectivity index (χ3v) is 7.09. The highest BCUT2D eigenvalue weighted by Crippen LogP contribution is 2.36. The molecule has 9 heteroatoms. The van der Waals surface area contributed by atoms with Crippen LogP contribution in [0.4, 0.5) is 21.7 Å².